The molecule has 24 heavy (non-hydrogen) atoms. The summed E-state index contributed by atoms with van der Waals surface area (Å²) in [5, 5.41) is 24.8. The van der Waals surface area contributed by atoms with E-state index in [0.717, 1.165) is 45.7 Å². The van der Waals surface area contributed by atoms with Gasteiger partial charge in [-0.3, -0.25) is 0 Å². The number of epoxide rings is 2. The van der Waals surface area contributed by atoms with Crippen LogP contribution in [-0.4, -0.2) is 66.2 Å². The van der Waals surface area contributed by atoms with Crippen molar-refractivity contribution in [1.29, 1.82) is 0 Å². The zero-order chi connectivity index (χ0) is 18.4. The topological polar surface area (TPSA) is 112 Å². The lowest BCUT2D eigenvalue weighted by Gasteiger charge is -1.99. The number of carboxylic acid groups (broad SMARTS) is 1. The summed E-state index contributed by atoms with van der Waals surface area (Å²) in [4.78, 5) is 9.86. The summed E-state index contributed by atoms with van der Waals surface area (Å²) in [6, 6.07) is 0. The third-order valence-electron chi connectivity index (χ3n) is 3.25. The van der Waals surface area contributed by atoms with Gasteiger partial charge in [-0.05, 0) is 26.7 Å². The van der Waals surface area contributed by atoms with E-state index in [2.05, 4.69) is 6.92 Å². The molecular weight excluding hydrogens is 316 g/mol. The maximum Gasteiger partial charge on any atom is 0.330 e. The molecule has 2 atom stereocenters. The molecule has 0 radical (unpaired) electrons. The van der Waals surface area contributed by atoms with E-state index in [-0.39, 0.29) is 0 Å². The van der Waals surface area contributed by atoms with E-state index in [1.165, 1.54) is 0 Å². The molecule has 2 aliphatic heterocycles. The van der Waals surface area contributed by atoms with E-state index < -0.39 is 12.3 Å². The van der Waals surface area contributed by atoms with Crippen LogP contribution in [0.25, 0.3) is 0 Å². The quantitative estimate of drug-likeness (QED) is 0.252. The predicted octanol–water partition coefficient (Wildman–Crippen LogP) is 1.72. The highest BCUT2D eigenvalue weighted by atomic mass is 16.6. The molecule has 0 saturated carbocycles. The minimum atomic E-state index is -1.10. The number of rotatable bonds is 9. The molecule has 0 bridgehead atoms. The Morgan fingerprint density at radius 1 is 1.21 bits per heavy atom. The van der Waals surface area contributed by atoms with E-state index in [9.17, 15) is 4.79 Å². The lowest BCUT2D eigenvalue weighted by Crippen LogP contribution is -2.06. The van der Waals surface area contributed by atoms with Gasteiger partial charge in [-0.25, -0.2) is 4.79 Å². The van der Waals surface area contributed by atoms with E-state index in [1.54, 1.807) is 19.9 Å². The van der Waals surface area contributed by atoms with Crippen LogP contribution in [0.15, 0.2) is 11.6 Å². The second kappa shape index (κ2) is 14.4. The van der Waals surface area contributed by atoms with Gasteiger partial charge in [-0.15, -0.1) is 0 Å². The Labute approximate surface area is 144 Å². The molecule has 2 fully saturated rings. The highest BCUT2D eigenvalue weighted by Crippen LogP contribution is 2.12. The number of aliphatic carboxylic acids is 1. The Kier molecular flexibility index (Phi) is 13.8. The number of carbonyl (C=O) groups is 1. The van der Waals surface area contributed by atoms with Crippen LogP contribution in [-0.2, 0) is 19.0 Å². The number of aliphatic hydroxyl groups is 2. The fourth-order valence-electron chi connectivity index (χ4n) is 1.36. The van der Waals surface area contributed by atoms with Crippen molar-refractivity contribution in [3.63, 3.8) is 0 Å². The fourth-order valence-corrected chi connectivity index (χ4v) is 1.36. The third kappa shape index (κ3) is 17.4. The summed E-state index contributed by atoms with van der Waals surface area (Å²) in [5.74, 6) is -0.845. The molecule has 0 aromatic rings. The van der Waals surface area contributed by atoms with Gasteiger partial charge < -0.3 is 29.5 Å². The van der Waals surface area contributed by atoms with Crippen LogP contribution in [0.4, 0.5) is 0 Å². The van der Waals surface area contributed by atoms with E-state index >= 15 is 0 Å². The van der Waals surface area contributed by atoms with Crippen LogP contribution >= 0.6 is 0 Å². The largest absolute Gasteiger partial charge is 0.478 e. The van der Waals surface area contributed by atoms with Gasteiger partial charge in [0.25, 0.3) is 0 Å². The first-order valence-electron chi connectivity index (χ1n) is 8.43. The first-order chi connectivity index (χ1) is 11.4. The monoisotopic (exact) mass is 348 g/mol. The molecule has 0 amide bonds. The van der Waals surface area contributed by atoms with Crippen molar-refractivity contribution in [3.8, 4) is 0 Å². The van der Waals surface area contributed by atoms with Crippen molar-refractivity contribution >= 4 is 5.97 Å². The molecule has 0 aromatic heterocycles. The van der Waals surface area contributed by atoms with Gasteiger partial charge in [0.05, 0.1) is 26.4 Å². The highest BCUT2D eigenvalue weighted by Gasteiger charge is 2.26. The summed E-state index contributed by atoms with van der Waals surface area (Å²) in [6.45, 7) is 8.60. The maximum atomic E-state index is 9.86. The molecule has 0 aliphatic carbocycles. The normalized spacial score (nSPS) is 21.3. The minimum Gasteiger partial charge on any atom is -0.478 e. The second-order valence-electron chi connectivity index (χ2n) is 5.70. The molecule has 2 saturated heterocycles. The lowest BCUT2D eigenvalue weighted by atomic mass is 10.2. The molecule has 142 valence electrons. The van der Waals surface area contributed by atoms with Crippen LogP contribution in [0.2, 0.25) is 0 Å². The molecular formula is C17H32O7. The standard InChI is InChI=1S/C6H10O3.C6H14O2.C5H8O2/c1(5-3-8-5)7-2-6-4-9-6;1-2-3-4-5-6(7)8;1-3-4(2)5(6)7/h5-6H,1-4H2;6-8H,2-5H2,1H3;3H,1-2H3,(H,6,7). The Morgan fingerprint density at radius 2 is 1.71 bits per heavy atom. The molecule has 2 rings (SSSR count). The zero-order valence-corrected chi connectivity index (χ0v) is 14.9. The van der Waals surface area contributed by atoms with Crippen molar-refractivity contribution in [2.75, 3.05) is 26.4 Å². The zero-order valence-electron chi connectivity index (χ0n) is 14.9. The van der Waals surface area contributed by atoms with Gasteiger partial charge in [0.2, 0.25) is 0 Å². The number of hydrogen-bond donors (Lipinski definition) is 3. The SMILES string of the molecule is C(OCC1CO1)C1CO1.CC=C(C)C(=O)O.CCCCCC(O)O. The van der Waals surface area contributed by atoms with Gasteiger partial charge in [0, 0.05) is 5.57 Å². The highest BCUT2D eigenvalue weighted by molar-refractivity contribution is 5.85. The Morgan fingerprint density at radius 3 is 1.96 bits per heavy atom. The molecule has 0 aromatic carbocycles. The summed E-state index contributed by atoms with van der Waals surface area (Å²) in [7, 11) is 0. The summed E-state index contributed by atoms with van der Waals surface area (Å²) < 4.78 is 15.1. The van der Waals surface area contributed by atoms with Gasteiger partial charge in [-0.2, -0.15) is 0 Å². The lowest BCUT2D eigenvalue weighted by molar-refractivity contribution is -0.132. The van der Waals surface area contributed by atoms with Crippen molar-refractivity contribution in [3.05, 3.63) is 11.6 Å². The number of carboxylic acids is 1. The Hall–Kier alpha value is -0.990. The van der Waals surface area contributed by atoms with Crippen LogP contribution in [0, 0.1) is 0 Å². The smallest absolute Gasteiger partial charge is 0.330 e. The number of unbranched alkanes of at least 4 members (excludes halogenated alkanes) is 2. The number of hydrogen-bond acceptors (Lipinski definition) is 6. The molecule has 2 unspecified atom stereocenters. The molecule has 2 aliphatic rings. The van der Waals surface area contributed by atoms with Crippen molar-refractivity contribution in [2.24, 2.45) is 0 Å². The van der Waals surface area contributed by atoms with Crippen LogP contribution in [0.3, 0.4) is 0 Å². The van der Waals surface area contributed by atoms with Gasteiger partial charge in [-0.1, -0.05) is 25.8 Å². The van der Waals surface area contributed by atoms with Gasteiger partial charge in [0.15, 0.2) is 6.29 Å². The number of allylic oxidation sites excluding steroid dienone is 1. The maximum absolute atomic E-state index is 9.86. The van der Waals surface area contributed by atoms with E-state index in [4.69, 9.17) is 29.5 Å². The van der Waals surface area contributed by atoms with Crippen LogP contribution in [0.5, 0.6) is 0 Å². The average molecular weight is 348 g/mol. The first kappa shape index (κ1) is 23.0. The molecule has 7 nitrogen and oxygen atoms in total. The average Bonchev–Trinajstić information content (AvgIpc) is 3.43. The van der Waals surface area contributed by atoms with Gasteiger partial charge >= 0.3 is 5.97 Å². The van der Waals surface area contributed by atoms with E-state index in [1.807, 2.05) is 0 Å². The number of aliphatic hydroxyl groups excluding tert-OH is 1. The first-order valence-corrected chi connectivity index (χ1v) is 8.43. The molecule has 2 heterocycles. The third-order valence-corrected chi connectivity index (χ3v) is 3.25. The van der Waals surface area contributed by atoms with Crippen molar-refractivity contribution < 1.29 is 34.3 Å². The van der Waals surface area contributed by atoms with Crippen molar-refractivity contribution in [1.82, 2.24) is 0 Å². The van der Waals surface area contributed by atoms with Crippen molar-refractivity contribution in [2.45, 2.75) is 65.0 Å². The minimum absolute atomic E-state index is 0.389. The molecule has 0 spiro atoms. The Balaban J connectivity index is 0.000000335. The summed E-state index contributed by atoms with van der Waals surface area (Å²) in [5.41, 5.74) is 0.389. The molecule has 7 heteroatoms. The van der Waals surface area contributed by atoms with Gasteiger partial charge in [0.1, 0.15) is 12.2 Å². The fraction of sp³-hybridized carbons (Fsp3) is 0.824. The molecule has 3 N–H and O–H groups in total. The number of ether oxygens (including phenoxy) is 3. The predicted molar refractivity (Wildman–Crippen MR) is 89.7 cm³/mol. The second-order valence-corrected chi connectivity index (χ2v) is 5.70. The van der Waals surface area contributed by atoms with E-state index in [0.29, 0.717) is 24.2 Å². The summed E-state index contributed by atoms with van der Waals surface area (Å²) in [6.07, 6.45) is 4.92. The van der Waals surface area contributed by atoms with Crippen LogP contribution in [0.1, 0.15) is 46.5 Å². The van der Waals surface area contributed by atoms with Crippen LogP contribution < -0.4 is 0 Å². The Bertz CT molecular complexity index is 335. The summed E-state index contributed by atoms with van der Waals surface area (Å²) >= 11 is 0.